The lowest BCUT2D eigenvalue weighted by Gasteiger charge is -2.37. The van der Waals surface area contributed by atoms with Crippen LogP contribution in [0.4, 0.5) is 0 Å². The van der Waals surface area contributed by atoms with Crippen molar-refractivity contribution < 1.29 is 9.32 Å². The summed E-state index contributed by atoms with van der Waals surface area (Å²) in [6.07, 6.45) is 4.29. The lowest BCUT2D eigenvalue weighted by molar-refractivity contribution is 0.0898. The van der Waals surface area contributed by atoms with E-state index in [4.69, 9.17) is 4.52 Å². The monoisotopic (exact) mass is 347 g/mol. The Hall–Kier alpha value is -1.66. The second-order valence-electron chi connectivity index (χ2n) is 6.83. The van der Waals surface area contributed by atoms with Crippen LogP contribution in [0.3, 0.4) is 0 Å². The maximum Gasteiger partial charge on any atom is 0.273 e. The Morgan fingerprint density at radius 1 is 1.38 bits per heavy atom. The number of aryl methyl sites for hydroxylation is 1. The van der Waals surface area contributed by atoms with Crippen LogP contribution in [-0.4, -0.2) is 36.1 Å². The Bertz CT molecular complexity index is 658. The number of thiophene rings is 1. The van der Waals surface area contributed by atoms with Crippen LogP contribution in [0.2, 0.25) is 0 Å². The van der Waals surface area contributed by atoms with E-state index in [0.717, 1.165) is 25.7 Å². The number of hydrogen-bond donors (Lipinski definition) is 1. The van der Waals surface area contributed by atoms with Gasteiger partial charge in [0, 0.05) is 23.0 Å². The third-order valence-corrected chi connectivity index (χ3v) is 5.75. The summed E-state index contributed by atoms with van der Waals surface area (Å²) >= 11 is 1.83. The highest BCUT2D eigenvalue weighted by Gasteiger charge is 2.31. The minimum atomic E-state index is -0.127. The van der Waals surface area contributed by atoms with Crippen molar-refractivity contribution in [1.82, 2.24) is 15.4 Å². The summed E-state index contributed by atoms with van der Waals surface area (Å²) in [7, 11) is 4.32. The maximum absolute atomic E-state index is 12.2. The molecule has 1 unspecified atom stereocenters. The van der Waals surface area contributed by atoms with Crippen molar-refractivity contribution in [2.45, 2.75) is 44.7 Å². The predicted molar refractivity (Wildman–Crippen MR) is 95.2 cm³/mol. The van der Waals surface area contributed by atoms with Gasteiger partial charge in [-0.05, 0) is 64.1 Å². The fourth-order valence-electron chi connectivity index (χ4n) is 3.68. The molecule has 2 heterocycles. The largest absolute Gasteiger partial charge is 0.361 e. The highest BCUT2D eigenvalue weighted by Crippen LogP contribution is 2.39. The number of nitrogens with zero attached hydrogens (tertiary/aromatic N) is 2. The van der Waals surface area contributed by atoms with Gasteiger partial charge in [0.15, 0.2) is 5.69 Å². The summed E-state index contributed by atoms with van der Waals surface area (Å²) in [4.78, 5) is 16.0. The molecule has 130 valence electrons. The molecule has 3 rings (SSSR count). The van der Waals surface area contributed by atoms with Crippen molar-refractivity contribution in [3.05, 3.63) is 39.9 Å². The molecule has 1 atom stereocenters. The van der Waals surface area contributed by atoms with Crippen LogP contribution in [0, 0.1) is 12.8 Å². The average molecular weight is 347 g/mol. The van der Waals surface area contributed by atoms with Gasteiger partial charge in [0.1, 0.15) is 5.76 Å². The van der Waals surface area contributed by atoms with Gasteiger partial charge >= 0.3 is 0 Å². The van der Waals surface area contributed by atoms with Crippen LogP contribution in [-0.2, 0) is 0 Å². The van der Waals surface area contributed by atoms with Gasteiger partial charge in [0.05, 0.1) is 0 Å². The van der Waals surface area contributed by atoms with Crippen LogP contribution >= 0.6 is 11.3 Å². The van der Waals surface area contributed by atoms with E-state index in [-0.39, 0.29) is 11.9 Å². The van der Waals surface area contributed by atoms with Gasteiger partial charge in [-0.3, -0.25) is 4.79 Å². The Labute approximate surface area is 147 Å². The van der Waals surface area contributed by atoms with E-state index in [9.17, 15) is 4.79 Å². The van der Waals surface area contributed by atoms with Crippen molar-refractivity contribution in [3.63, 3.8) is 0 Å². The van der Waals surface area contributed by atoms with E-state index in [0.29, 0.717) is 23.4 Å². The number of amides is 1. The van der Waals surface area contributed by atoms with Crippen molar-refractivity contribution in [2.75, 3.05) is 14.1 Å². The number of carbonyl (C=O) groups excluding carboxylic acids is 1. The van der Waals surface area contributed by atoms with Crippen molar-refractivity contribution in [2.24, 2.45) is 5.92 Å². The van der Waals surface area contributed by atoms with Gasteiger partial charge in [-0.25, -0.2) is 0 Å². The molecule has 0 aromatic carbocycles. The van der Waals surface area contributed by atoms with E-state index >= 15 is 0 Å². The SMILES string of the molecule is Cc1cc(C(=O)NC2CCC(C(c3cccs3)N(C)C)CC2)no1. The molecule has 24 heavy (non-hydrogen) atoms. The molecular formula is C18H25N3O2S. The van der Waals surface area contributed by atoms with Crippen LogP contribution in [0.15, 0.2) is 28.1 Å². The molecule has 1 N–H and O–H groups in total. The summed E-state index contributed by atoms with van der Waals surface area (Å²) in [5.74, 6) is 1.17. The molecule has 0 spiro atoms. The van der Waals surface area contributed by atoms with Gasteiger partial charge in [0.2, 0.25) is 0 Å². The average Bonchev–Trinajstić information content (AvgIpc) is 3.21. The quantitative estimate of drug-likeness (QED) is 0.897. The molecule has 5 nitrogen and oxygen atoms in total. The predicted octanol–water partition coefficient (Wildman–Crippen LogP) is 3.64. The zero-order valence-corrected chi connectivity index (χ0v) is 15.3. The highest BCUT2D eigenvalue weighted by molar-refractivity contribution is 7.10. The first-order valence-corrected chi connectivity index (χ1v) is 9.36. The van der Waals surface area contributed by atoms with Crippen molar-refractivity contribution in [1.29, 1.82) is 0 Å². The second kappa shape index (κ2) is 7.49. The molecule has 1 saturated carbocycles. The zero-order valence-electron chi connectivity index (χ0n) is 14.5. The molecule has 2 aromatic rings. The zero-order chi connectivity index (χ0) is 17.1. The summed E-state index contributed by atoms with van der Waals surface area (Å²) < 4.78 is 4.98. The first-order valence-electron chi connectivity index (χ1n) is 8.48. The summed E-state index contributed by atoms with van der Waals surface area (Å²) in [6.45, 7) is 1.79. The number of aromatic nitrogens is 1. The molecule has 1 aliphatic rings. The van der Waals surface area contributed by atoms with E-state index in [2.05, 4.69) is 47.0 Å². The lowest BCUT2D eigenvalue weighted by Crippen LogP contribution is -2.39. The van der Waals surface area contributed by atoms with E-state index in [1.54, 1.807) is 13.0 Å². The van der Waals surface area contributed by atoms with Gasteiger partial charge in [-0.15, -0.1) is 11.3 Å². The Morgan fingerprint density at radius 3 is 2.67 bits per heavy atom. The number of carbonyl (C=O) groups is 1. The Morgan fingerprint density at radius 2 is 2.12 bits per heavy atom. The first kappa shape index (κ1) is 17.2. The molecule has 2 aromatic heterocycles. The maximum atomic E-state index is 12.2. The minimum absolute atomic E-state index is 0.127. The third-order valence-electron chi connectivity index (χ3n) is 4.81. The van der Waals surface area contributed by atoms with Gasteiger partial charge < -0.3 is 14.7 Å². The van der Waals surface area contributed by atoms with Gasteiger partial charge in [-0.2, -0.15) is 0 Å². The summed E-state index contributed by atoms with van der Waals surface area (Å²) in [5.41, 5.74) is 0.374. The van der Waals surface area contributed by atoms with E-state index in [1.165, 1.54) is 4.88 Å². The molecule has 0 radical (unpaired) electrons. The standard InChI is InChI=1S/C18H25N3O2S/c1-12-11-15(20-23-12)18(22)19-14-8-6-13(7-9-14)17(21(2)3)16-5-4-10-24-16/h4-5,10-11,13-14,17H,6-9H2,1-3H3,(H,19,22). The highest BCUT2D eigenvalue weighted by atomic mass is 32.1. The molecule has 0 bridgehead atoms. The number of hydrogen-bond acceptors (Lipinski definition) is 5. The van der Waals surface area contributed by atoms with Gasteiger partial charge in [-0.1, -0.05) is 11.2 Å². The van der Waals surface area contributed by atoms with Gasteiger partial charge in [0.25, 0.3) is 5.91 Å². The van der Waals surface area contributed by atoms with E-state index in [1.807, 2.05) is 11.3 Å². The Kier molecular flexibility index (Phi) is 5.36. The fourth-order valence-corrected chi connectivity index (χ4v) is 4.69. The smallest absolute Gasteiger partial charge is 0.273 e. The molecule has 0 aliphatic heterocycles. The molecule has 1 fully saturated rings. The minimum Gasteiger partial charge on any atom is -0.361 e. The normalized spacial score (nSPS) is 22.5. The van der Waals surface area contributed by atoms with Crippen LogP contribution < -0.4 is 5.32 Å². The van der Waals surface area contributed by atoms with Crippen molar-refractivity contribution >= 4 is 17.2 Å². The van der Waals surface area contributed by atoms with Crippen molar-refractivity contribution in [3.8, 4) is 0 Å². The number of nitrogens with one attached hydrogen (secondary N) is 1. The third kappa shape index (κ3) is 3.87. The topological polar surface area (TPSA) is 58.4 Å². The van der Waals surface area contributed by atoms with Crippen LogP contribution in [0.25, 0.3) is 0 Å². The van der Waals surface area contributed by atoms with Crippen LogP contribution in [0.5, 0.6) is 0 Å². The van der Waals surface area contributed by atoms with Crippen LogP contribution in [0.1, 0.15) is 52.9 Å². The molecular weight excluding hydrogens is 322 g/mol. The molecule has 1 aliphatic carbocycles. The Balaban J connectivity index is 1.56. The van der Waals surface area contributed by atoms with E-state index < -0.39 is 0 Å². The lowest BCUT2D eigenvalue weighted by atomic mass is 9.80. The number of rotatable bonds is 5. The first-order chi connectivity index (χ1) is 11.5. The summed E-state index contributed by atoms with van der Waals surface area (Å²) in [5, 5.41) is 9.04. The molecule has 6 heteroatoms. The fraction of sp³-hybridized carbons (Fsp3) is 0.556. The molecule has 1 amide bonds. The molecule has 0 saturated heterocycles. The second-order valence-corrected chi connectivity index (χ2v) is 7.81. The summed E-state index contributed by atoms with van der Waals surface area (Å²) in [6, 6.07) is 6.75.